The van der Waals surface area contributed by atoms with Crippen molar-refractivity contribution < 1.29 is 19.1 Å². The predicted octanol–water partition coefficient (Wildman–Crippen LogP) is 1.60. The van der Waals surface area contributed by atoms with Gasteiger partial charge in [-0.05, 0) is 20.3 Å². The summed E-state index contributed by atoms with van der Waals surface area (Å²) >= 11 is 0. The summed E-state index contributed by atoms with van der Waals surface area (Å²) in [5.41, 5.74) is 0.721. The Morgan fingerprint density at radius 1 is 1.33 bits per heavy atom. The monoisotopic (exact) mass is 335 g/mol. The van der Waals surface area contributed by atoms with Gasteiger partial charge in [0.15, 0.2) is 5.65 Å². The third-order valence-corrected chi connectivity index (χ3v) is 3.71. The van der Waals surface area contributed by atoms with Crippen LogP contribution in [0.25, 0.3) is 5.65 Å². The number of aromatic nitrogens is 3. The Hall–Kier alpha value is -2.64. The van der Waals surface area contributed by atoms with Gasteiger partial charge in [0.1, 0.15) is 12.2 Å². The molecule has 0 aliphatic carbocycles. The Bertz CT molecular complexity index is 821. The lowest BCUT2D eigenvalue weighted by molar-refractivity contribution is -0.149. The lowest BCUT2D eigenvalue weighted by atomic mass is 10.1. The number of carbonyl (C=O) groups is 2. The molecule has 130 valence electrons. The van der Waals surface area contributed by atoms with Crippen LogP contribution in [-0.2, 0) is 20.9 Å². The predicted molar refractivity (Wildman–Crippen MR) is 85.8 cm³/mol. The minimum Gasteiger partial charge on any atom is -0.462 e. The molecule has 0 aromatic carbocycles. The van der Waals surface area contributed by atoms with E-state index >= 15 is 0 Å². The number of nitrogens with one attached hydrogen (secondary N) is 1. The summed E-state index contributed by atoms with van der Waals surface area (Å²) in [5, 5.41) is 2.79. The van der Waals surface area contributed by atoms with Crippen LogP contribution in [0.3, 0.4) is 0 Å². The zero-order chi connectivity index (χ0) is 17.9. The number of hydrogen-bond donors (Lipinski definition) is 1. The van der Waals surface area contributed by atoms with Gasteiger partial charge in [-0.25, -0.2) is 14.3 Å². The van der Waals surface area contributed by atoms with Gasteiger partial charge in [-0.3, -0.25) is 14.7 Å². The average Bonchev–Trinajstić information content (AvgIpc) is 2.88. The van der Waals surface area contributed by atoms with E-state index in [-0.39, 0.29) is 42.0 Å². The smallest absolute Gasteiger partial charge is 0.343 e. The van der Waals surface area contributed by atoms with Crippen LogP contribution in [0.5, 0.6) is 0 Å². The van der Waals surface area contributed by atoms with Gasteiger partial charge in [0.25, 0.3) is 5.56 Å². The second-order valence-electron chi connectivity index (χ2n) is 5.49. The molecule has 0 aliphatic heterocycles. The highest BCUT2D eigenvalue weighted by atomic mass is 16.5. The number of carbonyl (C=O) groups excluding carboxylic acids is 2. The summed E-state index contributed by atoms with van der Waals surface area (Å²) in [6, 6.07) is 1.27. The van der Waals surface area contributed by atoms with Gasteiger partial charge < -0.3 is 9.47 Å². The second-order valence-corrected chi connectivity index (χ2v) is 5.49. The van der Waals surface area contributed by atoms with Crippen molar-refractivity contribution in [3.8, 4) is 0 Å². The molecule has 0 amide bonds. The van der Waals surface area contributed by atoms with Crippen LogP contribution < -0.4 is 5.56 Å². The zero-order valence-electron chi connectivity index (χ0n) is 14.2. The highest BCUT2D eigenvalue weighted by Gasteiger charge is 2.21. The molecule has 0 saturated heterocycles. The molecule has 2 aromatic rings. The Kier molecular flexibility index (Phi) is 5.38. The van der Waals surface area contributed by atoms with E-state index in [1.54, 1.807) is 20.8 Å². The van der Waals surface area contributed by atoms with Gasteiger partial charge in [0, 0.05) is 11.8 Å². The molecule has 0 bridgehead atoms. The number of aryl methyl sites for hydroxylation is 1. The molecule has 2 aromatic heterocycles. The van der Waals surface area contributed by atoms with Crippen molar-refractivity contribution in [2.75, 3.05) is 6.61 Å². The Morgan fingerprint density at radius 3 is 2.67 bits per heavy atom. The maximum absolute atomic E-state index is 12.2. The third kappa shape index (κ3) is 3.47. The number of esters is 2. The van der Waals surface area contributed by atoms with Crippen LogP contribution in [0.2, 0.25) is 0 Å². The second kappa shape index (κ2) is 7.29. The molecule has 8 nitrogen and oxygen atoms in total. The first-order valence-corrected chi connectivity index (χ1v) is 7.84. The van der Waals surface area contributed by atoms with Gasteiger partial charge in [-0.15, -0.1) is 0 Å². The topological polar surface area (TPSA) is 103 Å². The Balaban J connectivity index is 2.37. The molecule has 24 heavy (non-hydrogen) atoms. The van der Waals surface area contributed by atoms with E-state index in [2.05, 4.69) is 10.1 Å². The Morgan fingerprint density at radius 2 is 2.04 bits per heavy atom. The van der Waals surface area contributed by atoms with Crippen molar-refractivity contribution in [3.05, 3.63) is 33.4 Å². The van der Waals surface area contributed by atoms with Crippen LogP contribution in [0.15, 0.2) is 10.9 Å². The van der Waals surface area contributed by atoms with Gasteiger partial charge >= 0.3 is 11.9 Å². The number of aromatic amines is 1. The van der Waals surface area contributed by atoms with E-state index in [0.29, 0.717) is 12.1 Å². The van der Waals surface area contributed by atoms with Crippen molar-refractivity contribution >= 4 is 17.6 Å². The molecule has 2 rings (SSSR count). The lowest BCUT2D eigenvalue weighted by Crippen LogP contribution is -2.19. The van der Waals surface area contributed by atoms with E-state index in [4.69, 9.17) is 9.47 Å². The maximum atomic E-state index is 12.2. The van der Waals surface area contributed by atoms with Gasteiger partial charge in [0.05, 0.1) is 18.2 Å². The van der Waals surface area contributed by atoms with Gasteiger partial charge in [0.2, 0.25) is 0 Å². The van der Waals surface area contributed by atoms with Crippen LogP contribution in [0, 0.1) is 12.8 Å². The van der Waals surface area contributed by atoms with Crippen molar-refractivity contribution in [3.63, 3.8) is 0 Å². The summed E-state index contributed by atoms with van der Waals surface area (Å²) in [6.45, 7) is 7.09. The number of ether oxygens (including phenoxy) is 2. The summed E-state index contributed by atoms with van der Waals surface area (Å²) in [7, 11) is 0. The normalized spacial score (nSPS) is 12.2. The van der Waals surface area contributed by atoms with Crippen LogP contribution >= 0.6 is 0 Å². The van der Waals surface area contributed by atoms with Crippen LogP contribution in [-0.4, -0.2) is 33.1 Å². The summed E-state index contributed by atoms with van der Waals surface area (Å²) in [5.74, 6) is -1.14. The molecule has 0 aliphatic rings. The molecule has 2 heterocycles. The summed E-state index contributed by atoms with van der Waals surface area (Å²) < 4.78 is 11.3. The van der Waals surface area contributed by atoms with E-state index in [1.165, 1.54) is 10.6 Å². The minimum absolute atomic E-state index is 0.124. The number of fused-ring (bicyclic) bond motifs is 1. The number of rotatable bonds is 6. The molecule has 0 radical (unpaired) electrons. The highest BCUT2D eigenvalue weighted by molar-refractivity contribution is 5.97. The summed E-state index contributed by atoms with van der Waals surface area (Å²) in [4.78, 5) is 40.3. The summed E-state index contributed by atoms with van der Waals surface area (Å²) in [6.07, 6.45) is 0.665. The fraction of sp³-hybridized carbons (Fsp3) is 0.500. The van der Waals surface area contributed by atoms with Crippen molar-refractivity contribution in [1.29, 1.82) is 0 Å². The molecular formula is C16H21N3O5. The first-order valence-electron chi connectivity index (χ1n) is 7.84. The quantitative estimate of drug-likeness (QED) is 0.804. The Labute approximate surface area is 138 Å². The first-order chi connectivity index (χ1) is 11.4. The van der Waals surface area contributed by atoms with Crippen LogP contribution in [0.1, 0.15) is 48.9 Å². The van der Waals surface area contributed by atoms with Crippen LogP contribution in [0.4, 0.5) is 0 Å². The molecule has 0 saturated carbocycles. The van der Waals surface area contributed by atoms with Crippen molar-refractivity contribution in [2.24, 2.45) is 5.92 Å². The number of H-pyrrole nitrogens is 1. The zero-order valence-corrected chi connectivity index (χ0v) is 14.2. The lowest BCUT2D eigenvalue weighted by Gasteiger charge is -2.09. The standard InChI is InChI=1S/C16H21N3O5/c1-5-9(3)15(21)24-8-11-7-12(20)19-14(17-11)13(10(4)18-19)16(22)23-6-2/h7,9,18H,5-6,8H2,1-4H3/t9-/m0/s1. The molecule has 0 spiro atoms. The van der Waals surface area contributed by atoms with E-state index in [9.17, 15) is 14.4 Å². The fourth-order valence-electron chi connectivity index (χ4n) is 2.17. The van der Waals surface area contributed by atoms with E-state index < -0.39 is 11.5 Å². The van der Waals surface area contributed by atoms with Gasteiger partial charge in [-0.2, -0.15) is 0 Å². The van der Waals surface area contributed by atoms with Crippen molar-refractivity contribution in [2.45, 2.75) is 40.7 Å². The molecule has 8 heteroatoms. The first kappa shape index (κ1) is 17.7. The molecular weight excluding hydrogens is 314 g/mol. The largest absolute Gasteiger partial charge is 0.462 e. The average molecular weight is 335 g/mol. The third-order valence-electron chi connectivity index (χ3n) is 3.71. The molecule has 1 N–H and O–H groups in total. The number of nitrogens with zero attached hydrogens (tertiary/aromatic N) is 2. The maximum Gasteiger partial charge on any atom is 0.343 e. The molecule has 0 unspecified atom stereocenters. The van der Waals surface area contributed by atoms with E-state index in [1.807, 2.05) is 6.92 Å². The fourth-order valence-corrected chi connectivity index (χ4v) is 2.17. The SMILES string of the molecule is CCOC(=O)c1c(C)[nH]n2c(=O)cc(COC(=O)[C@@H](C)CC)nc12. The van der Waals surface area contributed by atoms with Crippen molar-refractivity contribution in [1.82, 2.24) is 14.6 Å². The van der Waals surface area contributed by atoms with Gasteiger partial charge in [-0.1, -0.05) is 13.8 Å². The minimum atomic E-state index is -0.561. The van der Waals surface area contributed by atoms with E-state index in [0.717, 1.165) is 0 Å². The highest BCUT2D eigenvalue weighted by Crippen LogP contribution is 2.14. The number of hydrogen-bond acceptors (Lipinski definition) is 6. The molecule has 0 fully saturated rings. The molecule has 1 atom stereocenters.